The minimum absolute atomic E-state index is 0.416. The molecule has 0 amide bonds. The van der Waals surface area contributed by atoms with Crippen LogP contribution in [0.4, 0.5) is 0 Å². The molecular weight excluding hydrogens is 244 g/mol. The van der Waals surface area contributed by atoms with Crippen LogP contribution in [0.15, 0.2) is 0 Å². The molecule has 5 heteroatoms. The number of hydrogen-bond acceptors (Lipinski definition) is 5. The Hall–Kier alpha value is 1.75. The molecule has 74 valence electrons. The van der Waals surface area contributed by atoms with E-state index in [4.69, 9.17) is 0 Å². The Morgan fingerprint density at radius 2 is 2.00 bits per heavy atom. The van der Waals surface area contributed by atoms with Gasteiger partial charge in [0.05, 0.1) is 0 Å². The molecule has 0 aromatic heterocycles. The average Bonchev–Trinajstić information content (AvgIpc) is 2.02. The van der Waals surface area contributed by atoms with Crippen molar-refractivity contribution in [3.05, 3.63) is 0 Å². The standard InChI is InChI=1S/C7H16S5/c1-6(10)12-7(4-9)5-11-3-2-8/h6-10H,2-5H2,1H3. The van der Waals surface area contributed by atoms with Gasteiger partial charge in [0.1, 0.15) is 0 Å². The van der Waals surface area contributed by atoms with Crippen molar-refractivity contribution in [2.75, 3.05) is 23.0 Å². The summed E-state index contributed by atoms with van der Waals surface area (Å²) in [4.78, 5) is 0. The van der Waals surface area contributed by atoms with E-state index >= 15 is 0 Å². The SMILES string of the molecule is CC(S)SC(CS)CSCCS. The maximum atomic E-state index is 4.34. The largest absolute Gasteiger partial charge is 0.179 e. The fraction of sp³-hybridized carbons (Fsp3) is 1.00. The van der Waals surface area contributed by atoms with Crippen molar-refractivity contribution in [1.29, 1.82) is 0 Å². The van der Waals surface area contributed by atoms with E-state index in [1.165, 1.54) is 5.75 Å². The highest BCUT2D eigenvalue weighted by atomic mass is 32.2. The van der Waals surface area contributed by atoms with Crippen LogP contribution in [0.25, 0.3) is 0 Å². The second-order valence-corrected chi connectivity index (χ2v) is 7.07. The van der Waals surface area contributed by atoms with Gasteiger partial charge in [0.25, 0.3) is 0 Å². The molecule has 0 heterocycles. The van der Waals surface area contributed by atoms with Gasteiger partial charge in [0.15, 0.2) is 0 Å². The molecule has 0 saturated heterocycles. The summed E-state index contributed by atoms with van der Waals surface area (Å²) in [5.41, 5.74) is 0. The lowest BCUT2D eigenvalue weighted by molar-refractivity contribution is 1.14. The summed E-state index contributed by atoms with van der Waals surface area (Å²) in [7, 11) is 0. The highest BCUT2D eigenvalue weighted by Gasteiger charge is 2.09. The van der Waals surface area contributed by atoms with E-state index < -0.39 is 0 Å². The first-order valence-corrected chi connectivity index (χ1v) is 7.71. The summed E-state index contributed by atoms with van der Waals surface area (Å²) < 4.78 is 0.416. The molecule has 0 aliphatic carbocycles. The third kappa shape index (κ3) is 8.35. The zero-order chi connectivity index (χ0) is 9.40. The first kappa shape index (κ1) is 13.8. The predicted octanol–water partition coefficient (Wildman–Crippen LogP) is 2.96. The van der Waals surface area contributed by atoms with Crippen LogP contribution in [0.3, 0.4) is 0 Å². The quantitative estimate of drug-likeness (QED) is 0.366. The second kappa shape index (κ2) is 9.31. The Balaban J connectivity index is 3.39. The van der Waals surface area contributed by atoms with Gasteiger partial charge >= 0.3 is 0 Å². The van der Waals surface area contributed by atoms with Crippen LogP contribution in [-0.2, 0) is 0 Å². The zero-order valence-corrected chi connectivity index (χ0v) is 11.5. The lowest BCUT2D eigenvalue weighted by Crippen LogP contribution is -2.11. The molecule has 0 saturated carbocycles. The molecule has 2 unspecified atom stereocenters. The van der Waals surface area contributed by atoms with Crippen LogP contribution in [0.5, 0.6) is 0 Å². The van der Waals surface area contributed by atoms with E-state index in [1.54, 1.807) is 0 Å². The summed E-state index contributed by atoms with van der Waals surface area (Å²) in [5.74, 6) is 4.20. The Kier molecular flexibility index (Phi) is 10.7. The van der Waals surface area contributed by atoms with Crippen LogP contribution < -0.4 is 0 Å². The Labute approximate surface area is 101 Å². The van der Waals surface area contributed by atoms with Gasteiger partial charge in [0, 0.05) is 27.1 Å². The fourth-order valence-corrected chi connectivity index (χ4v) is 4.08. The van der Waals surface area contributed by atoms with Crippen molar-refractivity contribution < 1.29 is 0 Å². The van der Waals surface area contributed by atoms with Gasteiger partial charge in [-0.25, -0.2) is 0 Å². The molecule has 0 radical (unpaired) electrons. The minimum atomic E-state index is 0.416. The maximum Gasteiger partial charge on any atom is 0.0447 e. The minimum Gasteiger partial charge on any atom is -0.179 e. The van der Waals surface area contributed by atoms with Gasteiger partial charge < -0.3 is 0 Å². The number of thiol groups is 3. The molecule has 0 aliphatic rings. The summed E-state index contributed by atoms with van der Waals surface area (Å²) in [6.45, 7) is 2.10. The van der Waals surface area contributed by atoms with E-state index in [-0.39, 0.29) is 0 Å². The lowest BCUT2D eigenvalue weighted by atomic mass is 10.5. The molecule has 0 rings (SSSR count). The first-order valence-electron chi connectivity index (χ1n) is 3.83. The normalized spacial score (nSPS) is 16.0. The maximum absolute atomic E-state index is 4.34. The lowest BCUT2D eigenvalue weighted by Gasteiger charge is -2.15. The molecule has 0 bridgehead atoms. The Morgan fingerprint density at radius 3 is 2.42 bits per heavy atom. The van der Waals surface area contributed by atoms with Gasteiger partial charge in [-0.05, 0) is 12.7 Å². The van der Waals surface area contributed by atoms with Gasteiger partial charge in [0.2, 0.25) is 0 Å². The smallest absolute Gasteiger partial charge is 0.0447 e. The van der Waals surface area contributed by atoms with Crippen molar-refractivity contribution in [2.45, 2.75) is 16.8 Å². The molecule has 0 N–H and O–H groups in total. The monoisotopic (exact) mass is 260 g/mol. The van der Waals surface area contributed by atoms with E-state index in [9.17, 15) is 0 Å². The second-order valence-electron chi connectivity index (χ2n) is 2.34. The van der Waals surface area contributed by atoms with Crippen molar-refractivity contribution >= 4 is 61.4 Å². The van der Waals surface area contributed by atoms with Gasteiger partial charge in [-0.2, -0.15) is 49.6 Å². The fourth-order valence-electron chi connectivity index (χ4n) is 0.693. The number of hydrogen-bond donors (Lipinski definition) is 3. The number of rotatable bonds is 7. The third-order valence-corrected chi connectivity index (χ3v) is 5.17. The molecular formula is C7H16S5. The zero-order valence-electron chi connectivity index (χ0n) is 7.14. The van der Waals surface area contributed by atoms with Gasteiger partial charge in [-0.1, -0.05) is 0 Å². The van der Waals surface area contributed by atoms with Crippen molar-refractivity contribution in [2.24, 2.45) is 0 Å². The van der Waals surface area contributed by atoms with Crippen LogP contribution in [0, 0.1) is 0 Å². The van der Waals surface area contributed by atoms with E-state index in [2.05, 4.69) is 44.8 Å². The molecule has 12 heavy (non-hydrogen) atoms. The van der Waals surface area contributed by atoms with Crippen LogP contribution in [0.1, 0.15) is 6.92 Å². The molecule has 0 aromatic carbocycles. The first-order chi connectivity index (χ1) is 5.70. The van der Waals surface area contributed by atoms with E-state index in [1.807, 2.05) is 23.5 Å². The third-order valence-electron chi connectivity index (χ3n) is 1.13. The van der Waals surface area contributed by atoms with Crippen LogP contribution in [0.2, 0.25) is 0 Å². The molecule has 0 aliphatic heterocycles. The summed E-state index contributed by atoms with van der Waals surface area (Å²) in [6, 6.07) is 0. The van der Waals surface area contributed by atoms with E-state index in [0.29, 0.717) is 9.83 Å². The summed E-state index contributed by atoms with van der Waals surface area (Å²) in [6.07, 6.45) is 0. The Morgan fingerprint density at radius 1 is 1.33 bits per heavy atom. The Bertz CT molecular complexity index is 95.8. The molecule has 0 aromatic rings. The van der Waals surface area contributed by atoms with Crippen molar-refractivity contribution in [3.63, 3.8) is 0 Å². The van der Waals surface area contributed by atoms with Crippen molar-refractivity contribution in [1.82, 2.24) is 0 Å². The van der Waals surface area contributed by atoms with Gasteiger partial charge in [-0.15, -0.1) is 11.8 Å². The molecule has 2 atom stereocenters. The highest BCUT2D eigenvalue weighted by Crippen LogP contribution is 2.24. The summed E-state index contributed by atoms with van der Waals surface area (Å²) in [5, 5.41) is 0.630. The predicted molar refractivity (Wildman–Crippen MR) is 74.9 cm³/mol. The van der Waals surface area contributed by atoms with Gasteiger partial charge in [-0.3, -0.25) is 0 Å². The molecule has 0 spiro atoms. The van der Waals surface area contributed by atoms with Crippen molar-refractivity contribution in [3.8, 4) is 0 Å². The molecule has 0 nitrogen and oxygen atoms in total. The molecule has 0 fully saturated rings. The van der Waals surface area contributed by atoms with Crippen LogP contribution in [-0.4, -0.2) is 32.8 Å². The highest BCUT2D eigenvalue weighted by molar-refractivity contribution is 8.11. The van der Waals surface area contributed by atoms with E-state index in [0.717, 1.165) is 17.3 Å². The van der Waals surface area contributed by atoms with Crippen LogP contribution >= 0.6 is 61.4 Å². The average molecular weight is 261 g/mol. The summed E-state index contributed by atoms with van der Waals surface area (Å²) >= 11 is 16.6. The number of thioether (sulfide) groups is 2. The topological polar surface area (TPSA) is 0 Å².